The number of fused-ring (bicyclic) bond motifs is 2. The standard InChI is InChI=1S/C22H29N3OS/c1-15-9-16(2)11-17(10-15)23-22(26)24-18-12-19-5-3-6-20(13-18)25(19)14-21-7-4-8-27-21/h4,7-11,18-20H,3,5-6,12-14H2,1-2H3,(H2,23,24,26)/t18?,19-,20+. The van der Waals surface area contributed by atoms with Gasteiger partial charge in [0.25, 0.3) is 0 Å². The second-order valence-corrected chi connectivity index (χ2v) is 9.17. The molecule has 0 radical (unpaired) electrons. The molecule has 2 aliphatic heterocycles. The molecule has 5 heteroatoms. The molecule has 1 aromatic heterocycles. The Balaban J connectivity index is 1.36. The van der Waals surface area contributed by atoms with Gasteiger partial charge in [0.2, 0.25) is 0 Å². The Labute approximate surface area is 166 Å². The van der Waals surface area contributed by atoms with Gasteiger partial charge in [0.15, 0.2) is 0 Å². The van der Waals surface area contributed by atoms with Crippen LogP contribution in [0.25, 0.3) is 0 Å². The first-order chi connectivity index (χ1) is 13.1. The number of aryl methyl sites for hydroxylation is 2. The van der Waals surface area contributed by atoms with Crippen molar-refractivity contribution >= 4 is 23.1 Å². The number of carbonyl (C=O) groups excluding carboxylic acids is 1. The SMILES string of the molecule is Cc1cc(C)cc(NC(=O)NC2C[C@H]3CCC[C@@H](C2)N3Cc2cccs2)c1. The van der Waals surface area contributed by atoms with Crippen molar-refractivity contribution < 1.29 is 4.79 Å². The molecule has 4 nitrogen and oxygen atoms in total. The summed E-state index contributed by atoms with van der Waals surface area (Å²) in [5, 5.41) is 8.43. The van der Waals surface area contributed by atoms with Crippen LogP contribution in [0.3, 0.4) is 0 Å². The largest absolute Gasteiger partial charge is 0.335 e. The van der Waals surface area contributed by atoms with Gasteiger partial charge in [0.1, 0.15) is 0 Å². The number of benzene rings is 1. The summed E-state index contributed by atoms with van der Waals surface area (Å²) in [6.45, 7) is 5.18. The minimum Gasteiger partial charge on any atom is -0.335 e. The number of hydrogen-bond donors (Lipinski definition) is 2. The molecule has 1 unspecified atom stereocenters. The lowest BCUT2D eigenvalue weighted by atomic mass is 9.81. The minimum absolute atomic E-state index is 0.0743. The van der Waals surface area contributed by atoms with E-state index < -0.39 is 0 Å². The minimum atomic E-state index is -0.0743. The summed E-state index contributed by atoms with van der Waals surface area (Å²) < 4.78 is 0. The van der Waals surface area contributed by atoms with E-state index in [1.54, 1.807) is 0 Å². The van der Waals surface area contributed by atoms with Gasteiger partial charge >= 0.3 is 6.03 Å². The lowest BCUT2D eigenvalue weighted by Crippen LogP contribution is -2.56. The van der Waals surface area contributed by atoms with E-state index in [1.807, 2.05) is 23.5 Å². The lowest BCUT2D eigenvalue weighted by Gasteiger charge is -2.48. The van der Waals surface area contributed by atoms with Crippen molar-refractivity contribution in [1.82, 2.24) is 10.2 Å². The van der Waals surface area contributed by atoms with E-state index in [1.165, 1.54) is 35.3 Å². The third-order valence-corrected chi connectivity index (χ3v) is 6.72. The predicted molar refractivity (Wildman–Crippen MR) is 112 cm³/mol. The van der Waals surface area contributed by atoms with Crippen LogP contribution in [0.1, 0.15) is 48.1 Å². The van der Waals surface area contributed by atoms with Gasteiger partial charge in [0.05, 0.1) is 0 Å². The maximum Gasteiger partial charge on any atom is 0.319 e. The highest BCUT2D eigenvalue weighted by atomic mass is 32.1. The summed E-state index contributed by atoms with van der Waals surface area (Å²) >= 11 is 1.85. The van der Waals surface area contributed by atoms with E-state index >= 15 is 0 Å². The van der Waals surface area contributed by atoms with Crippen LogP contribution in [0.5, 0.6) is 0 Å². The highest BCUT2D eigenvalue weighted by molar-refractivity contribution is 7.09. The van der Waals surface area contributed by atoms with Crippen LogP contribution in [-0.2, 0) is 6.54 Å². The molecule has 2 fully saturated rings. The lowest BCUT2D eigenvalue weighted by molar-refractivity contribution is 0.0208. The zero-order valence-electron chi connectivity index (χ0n) is 16.2. The van der Waals surface area contributed by atoms with Gasteiger partial charge in [0, 0.05) is 35.2 Å². The number of anilines is 1. The zero-order valence-corrected chi connectivity index (χ0v) is 17.0. The molecule has 2 aliphatic rings. The van der Waals surface area contributed by atoms with Gasteiger partial charge in [-0.25, -0.2) is 4.79 Å². The van der Waals surface area contributed by atoms with Gasteiger partial charge in [-0.1, -0.05) is 18.6 Å². The molecule has 3 heterocycles. The van der Waals surface area contributed by atoms with E-state index in [4.69, 9.17) is 0 Å². The average Bonchev–Trinajstić information content (AvgIpc) is 3.07. The summed E-state index contributed by atoms with van der Waals surface area (Å²) in [7, 11) is 0. The molecule has 2 aromatic rings. The number of piperidine rings is 2. The van der Waals surface area contributed by atoms with E-state index in [-0.39, 0.29) is 12.1 Å². The molecule has 27 heavy (non-hydrogen) atoms. The highest BCUT2D eigenvalue weighted by Gasteiger charge is 2.38. The van der Waals surface area contributed by atoms with Gasteiger partial charge in [-0.3, -0.25) is 4.90 Å². The van der Waals surface area contributed by atoms with Crippen molar-refractivity contribution in [1.29, 1.82) is 0 Å². The van der Waals surface area contributed by atoms with Crippen molar-refractivity contribution in [3.05, 3.63) is 51.7 Å². The smallest absolute Gasteiger partial charge is 0.319 e. The summed E-state index contributed by atoms with van der Waals surface area (Å²) in [5.41, 5.74) is 3.21. The third kappa shape index (κ3) is 4.53. The van der Waals surface area contributed by atoms with Crippen LogP contribution in [0, 0.1) is 13.8 Å². The van der Waals surface area contributed by atoms with Crippen LogP contribution in [-0.4, -0.2) is 29.1 Å². The van der Waals surface area contributed by atoms with Crippen LogP contribution >= 0.6 is 11.3 Å². The Morgan fingerprint density at radius 3 is 2.48 bits per heavy atom. The molecule has 1 aromatic carbocycles. The van der Waals surface area contributed by atoms with Crippen molar-refractivity contribution in [2.75, 3.05) is 5.32 Å². The van der Waals surface area contributed by atoms with Gasteiger partial charge in [-0.2, -0.15) is 0 Å². The second kappa shape index (κ2) is 8.03. The molecular weight excluding hydrogens is 354 g/mol. The molecule has 144 valence electrons. The van der Waals surface area contributed by atoms with Crippen LogP contribution in [0.2, 0.25) is 0 Å². The van der Waals surface area contributed by atoms with E-state index in [2.05, 4.69) is 53.0 Å². The Bertz CT molecular complexity index is 755. The first kappa shape index (κ1) is 18.5. The molecule has 3 atom stereocenters. The van der Waals surface area contributed by atoms with Gasteiger partial charge in [-0.05, 0) is 74.2 Å². The van der Waals surface area contributed by atoms with E-state index in [0.29, 0.717) is 12.1 Å². The molecule has 4 rings (SSSR count). The topological polar surface area (TPSA) is 44.4 Å². The maximum atomic E-state index is 12.5. The molecule has 0 aliphatic carbocycles. The van der Waals surface area contributed by atoms with Crippen molar-refractivity contribution in [2.24, 2.45) is 0 Å². The second-order valence-electron chi connectivity index (χ2n) is 8.13. The first-order valence-electron chi connectivity index (χ1n) is 10.0. The number of thiophene rings is 1. The van der Waals surface area contributed by atoms with Crippen LogP contribution < -0.4 is 10.6 Å². The summed E-state index contributed by atoms with van der Waals surface area (Å²) in [6, 6.07) is 11.9. The predicted octanol–water partition coefficient (Wildman–Crippen LogP) is 5.07. The van der Waals surface area contributed by atoms with Gasteiger partial charge < -0.3 is 10.6 Å². The van der Waals surface area contributed by atoms with Crippen molar-refractivity contribution in [2.45, 2.75) is 70.6 Å². The Morgan fingerprint density at radius 1 is 1.15 bits per heavy atom. The molecule has 2 N–H and O–H groups in total. The number of nitrogens with zero attached hydrogens (tertiary/aromatic N) is 1. The Hall–Kier alpha value is -1.85. The number of nitrogens with one attached hydrogen (secondary N) is 2. The highest BCUT2D eigenvalue weighted by Crippen LogP contribution is 2.35. The average molecular weight is 384 g/mol. The van der Waals surface area contributed by atoms with E-state index in [0.717, 1.165) is 25.1 Å². The van der Waals surface area contributed by atoms with Crippen molar-refractivity contribution in [3.8, 4) is 0 Å². The molecule has 0 saturated carbocycles. The number of carbonyl (C=O) groups is 1. The molecule has 0 spiro atoms. The maximum absolute atomic E-state index is 12.5. The van der Waals surface area contributed by atoms with E-state index in [9.17, 15) is 4.79 Å². The molecule has 2 bridgehead atoms. The molecular formula is C22H29N3OS. The Morgan fingerprint density at radius 2 is 1.85 bits per heavy atom. The fourth-order valence-electron chi connectivity index (χ4n) is 4.84. The third-order valence-electron chi connectivity index (χ3n) is 5.86. The summed E-state index contributed by atoms with van der Waals surface area (Å²) in [4.78, 5) is 16.7. The quantitative estimate of drug-likeness (QED) is 0.774. The fourth-order valence-corrected chi connectivity index (χ4v) is 5.55. The van der Waals surface area contributed by atoms with Crippen LogP contribution in [0.15, 0.2) is 35.7 Å². The summed E-state index contributed by atoms with van der Waals surface area (Å²) in [6.07, 6.45) is 5.93. The number of amides is 2. The number of hydrogen-bond acceptors (Lipinski definition) is 3. The zero-order chi connectivity index (χ0) is 18.8. The van der Waals surface area contributed by atoms with Crippen molar-refractivity contribution in [3.63, 3.8) is 0 Å². The first-order valence-corrected chi connectivity index (χ1v) is 10.9. The monoisotopic (exact) mass is 383 g/mol. The Kier molecular flexibility index (Phi) is 5.50. The fraction of sp³-hybridized carbons (Fsp3) is 0.500. The van der Waals surface area contributed by atoms with Gasteiger partial charge in [-0.15, -0.1) is 11.3 Å². The number of rotatable bonds is 4. The molecule has 2 amide bonds. The van der Waals surface area contributed by atoms with Crippen LogP contribution in [0.4, 0.5) is 10.5 Å². The molecule has 2 saturated heterocycles. The summed E-state index contributed by atoms with van der Waals surface area (Å²) in [5.74, 6) is 0. The normalized spacial score (nSPS) is 25.2. The number of urea groups is 1.